The molecule has 1 saturated heterocycles. The molecule has 35 heavy (non-hydrogen) atoms. The van der Waals surface area contributed by atoms with E-state index < -0.39 is 12.0 Å². The Bertz CT molecular complexity index is 1070. The van der Waals surface area contributed by atoms with E-state index in [9.17, 15) is 13.6 Å². The Morgan fingerprint density at radius 3 is 2.69 bits per heavy atom. The van der Waals surface area contributed by atoms with E-state index in [1.807, 2.05) is 40.1 Å². The third kappa shape index (κ3) is 4.71. The van der Waals surface area contributed by atoms with E-state index in [2.05, 4.69) is 10.3 Å². The Labute approximate surface area is 204 Å². The highest BCUT2D eigenvalue weighted by atomic mass is 19.3. The summed E-state index contributed by atoms with van der Waals surface area (Å²) in [6.07, 6.45) is 3.79. The molecule has 9 heteroatoms. The van der Waals surface area contributed by atoms with Crippen molar-refractivity contribution in [2.75, 3.05) is 42.4 Å². The standard InChI is InChI=1S/C26H32F2N4O3/c1-34-20-8-5-17(6-9-20)25(33)32-15-18-4-3-12-29-24(18)30-21-10-7-19(14-22(21)32)31-13-11-26(27,28)23(16-31)35-2/h3-4,7,10,12,14,17,20,23H,5-6,8-9,11,13,15-16H2,1-2H3,(H,29,30). The maximum atomic E-state index is 14.2. The number of hydrogen-bond donors (Lipinski definition) is 1. The molecule has 2 fully saturated rings. The van der Waals surface area contributed by atoms with Gasteiger partial charge in [-0.25, -0.2) is 13.8 Å². The molecule has 1 saturated carbocycles. The van der Waals surface area contributed by atoms with Gasteiger partial charge in [0.1, 0.15) is 11.9 Å². The number of amides is 1. The summed E-state index contributed by atoms with van der Waals surface area (Å²) in [4.78, 5) is 22.1. The number of carbonyl (C=O) groups excluding carboxylic acids is 1. The lowest BCUT2D eigenvalue weighted by Crippen LogP contribution is -2.51. The lowest BCUT2D eigenvalue weighted by Gasteiger charge is -2.39. The molecular formula is C26H32F2N4O3. The lowest BCUT2D eigenvalue weighted by molar-refractivity contribution is -0.132. The highest BCUT2D eigenvalue weighted by molar-refractivity contribution is 6.00. The second kappa shape index (κ2) is 9.70. The molecule has 0 spiro atoms. The second-order valence-corrected chi connectivity index (χ2v) is 9.65. The number of piperidine rings is 1. The smallest absolute Gasteiger partial charge is 0.277 e. The lowest BCUT2D eigenvalue weighted by atomic mass is 9.86. The summed E-state index contributed by atoms with van der Waals surface area (Å²) < 4.78 is 39.1. The number of pyridine rings is 1. The van der Waals surface area contributed by atoms with Crippen molar-refractivity contribution >= 4 is 28.8 Å². The Morgan fingerprint density at radius 2 is 1.94 bits per heavy atom. The van der Waals surface area contributed by atoms with Gasteiger partial charge in [-0.2, -0.15) is 0 Å². The highest BCUT2D eigenvalue weighted by Crippen LogP contribution is 2.41. The Hall–Kier alpha value is -2.78. The van der Waals surface area contributed by atoms with Crippen LogP contribution in [0.1, 0.15) is 37.7 Å². The molecule has 1 aliphatic carbocycles. The van der Waals surface area contributed by atoms with Gasteiger partial charge in [0.2, 0.25) is 5.91 Å². The molecule has 1 unspecified atom stereocenters. The third-order valence-corrected chi connectivity index (χ3v) is 7.59. The van der Waals surface area contributed by atoms with E-state index >= 15 is 0 Å². The summed E-state index contributed by atoms with van der Waals surface area (Å²) in [7, 11) is 3.05. The van der Waals surface area contributed by atoms with Crippen LogP contribution >= 0.6 is 0 Å². The van der Waals surface area contributed by atoms with Crippen molar-refractivity contribution in [2.24, 2.45) is 5.92 Å². The summed E-state index contributed by atoms with van der Waals surface area (Å²) >= 11 is 0. The fourth-order valence-corrected chi connectivity index (χ4v) is 5.42. The zero-order valence-corrected chi connectivity index (χ0v) is 20.2. The van der Waals surface area contributed by atoms with Gasteiger partial charge >= 0.3 is 0 Å². The highest BCUT2D eigenvalue weighted by Gasteiger charge is 2.44. The summed E-state index contributed by atoms with van der Waals surface area (Å²) in [6.45, 7) is 0.705. The average molecular weight is 487 g/mol. The molecule has 0 radical (unpaired) electrons. The van der Waals surface area contributed by atoms with E-state index in [4.69, 9.17) is 9.47 Å². The van der Waals surface area contributed by atoms with Crippen LogP contribution in [0.4, 0.5) is 31.7 Å². The summed E-state index contributed by atoms with van der Waals surface area (Å²) in [5.74, 6) is -2.13. The van der Waals surface area contributed by atoms with Crippen molar-refractivity contribution in [3.8, 4) is 0 Å². The van der Waals surface area contributed by atoms with E-state index in [-0.39, 0.29) is 37.4 Å². The number of hydrogen-bond acceptors (Lipinski definition) is 6. The summed E-state index contributed by atoms with van der Waals surface area (Å²) in [6, 6.07) is 9.59. The molecule has 7 nitrogen and oxygen atoms in total. The monoisotopic (exact) mass is 486 g/mol. The fraction of sp³-hybridized carbons (Fsp3) is 0.538. The first-order valence-electron chi connectivity index (χ1n) is 12.2. The third-order valence-electron chi connectivity index (χ3n) is 7.59. The number of anilines is 4. The van der Waals surface area contributed by atoms with Gasteiger partial charge in [-0.15, -0.1) is 0 Å². The number of nitrogens with one attached hydrogen (secondary N) is 1. The van der Waals surface area contributed by atoms with Crippen LogP contribution in [0.2, 0.25) is 0 Å². The van der Waals surface area contributed by atoms with Crippen LogP contribution in [-0.4, -0.2) is 56.3 Å². The molecule has 188 valence electrons. The Morgan fingerprint density at radius 1 is 1.14 bits per heavy atom. The van der Waals surface area contributed by atoms with Gasteiger partial charge in [0, 0.05) is 50.6 Å². The number of aromatic nitrogens is 1. The minimum atomic E-state index is -2.85. The molecule has 1 N–H and O–H groups in total. The topological polar surface area (TPSA) is 66.9 Å². The predicted molar refractivity (Wildman–Crippen MR) is 130 cm³/mol. The van der Waals surface area contributed by atoms with Gasteiger partial charge in [0.15, 0.2) is 0 Å². The number of methoxy groups -OCH3 is 2. The molecular weight excluding hydrogens is 454 g/mol. The van der Waals surface area contributed by atoms with E-state index in [0.717, 1.165) is 54.1 Å². The minimum absolute atomic E-state index is 0.0800. The van der Waals surface area contributed by atoms with Crippen LogP contribution in [0, 0.1) is 5.92 Å². The molecule has 3 heterocycles. The van der Waals surface area contributed by atoms with Crippen LogP contribution in [0.3, 0.4) is 0 Å². The molecule has 2 aromatic rings. The van der Waals surface area contributed by atoms with Gasteiger partial charge in [-0.05, 0) is 49.9 Å². The molecule has 3 aliphatic rings. The molecule has 2 aliphatic heterocycles. The van der Waals surface area contributed by atoms with Crippen molar-refractivity contribution < 1.29 is 23.0 Å². The number of nitrogens with zero attached hydrogens (tertiary/aromatic N) is 3. The number of rotatable bonds is 4. The van der Waals surface area contributed by atoms with Crippen LogP contribution in [0.25, 0.3) is 0 Å². The quantitative estimate of drug-likeness (QED) is 0.674. The second-order valence-electron chi connectivity index (χ2n) is 9.65. The zero-order valence-electron chi connectivity index (χ0n) is 20.2. The molecule has 0 bridgehead atoms. The largest absolute Gasteiger partial charge is 0.381 e. The zero-order chi connectivity index (χ0) is 24.6. The van der Waals surface area contributed by atoms with E-state index in [0.29, 0.717) is 6.54 Å². The van der Waals surface area contributed by atoms with Crippen molar-refractivity contribution in [3.05, 3.63) is 42.1 Å². The first kappa shape index (κ1) is 23.9. The first-order chi connectivity index (χ1) is 16.9. The van der Waals surface area contributed by atoms with Crippen molar-refractivity contribution in [1.82, 2.24) is 4.98 Å². The fourth-order valence-electron chi connectivity index (χ4n) is 5.42. The molecule has 1 amide bonds. The van der Waals surface area contributed by atoms with E-state index in [1.165, 1.54) is 7.11 Å². The van der Waals surface area contributed by atoms with Gasteiger partial charge < -0.3 is 24.6 Å². The maximum Gasteiger partial charge on any atom is 0.277 e. The van der Waals surface area contributed by atoms with Gasteiger partial charge in [-0.3, -0.25) is 4.79 Å². The van der Waals surface area contributed by atoms with Crippen molar-refractivity contribution in [1.29, 1.82) is 0 Å². The maximum absolute atomic E-state index is 14.2. The van der Waals surface area contributed by atoms with Crippen LogP contribution < -0.4 is 15.1 Å². The van der Waals surface area contributed by atoms with Crippen molar-refractivity contribution in [2.45, 2.75) is 56.8 Å². The first-order valence-corrected chi connectivity index (χ1v) is 12.2. The molecule has 1 atom stereocenters. The van der Waals surface area contributed by atoms with Crippen LogP contribution in [0.5, 0.6) is 0 Å². The average Bonchev–Trinajstić information content (AvgIpc) is 3.04. The molecule has 1 aromatic carbocycles. The number of fused-ring (bicyclic) bond motifs is 2. The predicted octanol–water partition coefficient (Wildman–Crippen LogP) is 4.74. The van der Waals surface area contributed by atoms with Crippen molar-refractivity contribution in [3.63, 3.8) is 0 Å². The SMILES string of the molecule is COC1CCC(C(=O)N2Cc3cccnc3Nc3ccc(N4CCC(F)(F)C(OC)C4)cc32)CC1. The molecule has 1 aromatic heterocycles. The van der Waals surface area contributed by atoms with Crippen LogP contribution in [-0.2, 0) is 20.8 Å². The summed E-state index contributed by atoms with van der Waals surface area (Å²) in [5.41, 5.74) is 3.24. The van der Waals surface area contributed by atoms with Gasteiger partial charge in [0.05, 0.1) is 30.6 Å². The molecule has 5 rings (SSSR count). The van der Waals surface area contributed by atoms with E-state index in [1.54, 1.807) is 13.3 Å². The minimum Gasteiger partial charge on any atom is -0.381 e. The number of ether oxygens (including phenoxy) is 2. The number of benzene rings is 1. The number of halogens is 2. The Kier molecular flexibility index (Phi) is 6.63. The van der Waals surface area contributed by atoms with Crippen LogP contribution in [0.15, 0.2) is 36.5 Å². The number of carbonyl (C=O) groups is 1. The Balaban J connectivity index is 1.47. The normalized spacial score (nSPS) is 25.8. The summed E-state index contributed by atoms with van der Waals surface area (Å²) in [5, 5.41) is 3.38. The van der Waals surface area contributed by atoms with Gasteiger partial charge in [-0.1, -0.05) is 6.07 Å². The van der Waals surface area contributed by atoms with Gasteiger partial charge in [0.25, 0.3) is 5.92 Å². The number of alkyl halides is 2.